The highest BCUT2D eigenvalue weighted by Crippen LogP contribution is 2.44. The van der Waals surface area contributed by atoms with Crippen molar-refractivity contribution in [3.63, 3.8) is 0 Å². The Hall–Kier alpha value is -2.28. The number of hydrogen-bond donors (Lipinski definition) is 1. The van der Waals surface area contributed by atoms with Gasteiger partial charge in [0.25, 0.3) is 0 Å². The predicted octanol–water partition coefficient (Wildman–Crippen LogP) is 3.92. The Morgan fingerprint density at radius 1 is 1.24 bits per heavy atom. The van der Waals surface area contributed by atoms with Crippen LogP contribution in [0.2, 0.25) is 0 Å². The zero-order valence-electron chi connectivity index (χ0n) is 13.6. The Kier molecular flexibility index (Phi) is 4.03. The lowest BCUT2D eigenvalue weighted by Gasteiger charge is -2.12. The number of halogens is 2. The van der Waals surface area contributed by atoms with Gasteiger partial charge in [-0.15, -0.1) is 11.3 Å². The number of nitrogens with one attached hydrogen (secondary N) is 1. The third-order valence-electron chi connectivity index (χ3n) is 4.35. The van der Waals surface area contributed by atoms with Crippen molar-refractivity contribution in [2.45, 2.75) is 32.2 Å². The van der Waals surface area contributed by atoms with E-state index in [1.807, 2.05) is 0 Å². The van der Waals surface area contributed by atoms with Crippen LogP contribution >= 0.6 is 11.3 Å². The van der Waals surface area contributed by atoms with Gasteiger partial charge in [-0.3, -0.25) is 9.79 Å². The molecule has 1 aromatic carbocycles. The van der Waals surface area contributed by atoms with Crippen LogP contribution in [-0.2, 0) is 11.2 Å². The van der Waals surface area contributed by atoms with Crippen molar-refractivity contribution >= 4 is 28.0 Å². The van der Waals surface area contributed by atoms with E-state index in [2.05, 4.69) is 10.3 Å². The molecule has 4 rings (SSSR count). The van der Waals surface area contributed by atoms with E-state index in [-0.39, 0.29) is 17.2 Å². The fraction of sp³-hybridized carbons (Fsp3) is 0.333. The summed E-state index contributed by atoms with van der Waals surface area (Å²) in [5, 5.41) is 3.37. The summed E-state index contributed by atoms with van der Waals surface area (Å²) in [5.74, 6) is -1.13. The van der Waals surface area contributed by atoms with E-state index >= 15 is 0 Å². The lowest BCUT2D eigenvalue weighted by Crippen LogP contribution is -2.22. The number of anilines is 1. The fourth-order valence-electron chi connectivity index (χ4n) is 3.09. The minimum Gasteiger partial charge on any atom is -0.492 e. The first-order chi connectivity index (χ1) is 12.1. The van der Waals surface area contributed by atoms with Crippen LogP contribution in [0.3, 0.4) is 0 Å². The van der Waals surface area contributed by atoms with Crippen LogP contribution in [0.5, 0.6) is 5.75 Å². The van der Waals surface area contributed by atoms with E-state index in [4.69, 9.17) is 4.74 Å². The first-order valence-electron chi connectivity index (χ1n) is 8.18. The Labute approximate surface area is 147 Å². The van der Waals surface area contributed by atoms with Crippen LogP contribution < -0.4 is 10.1 Å². The summed E-state index contributed by atoms with van der Waals surface area (Å²) in [5.41, 5.74) is 0.403. The largest absolute Gasteiger partial charge is 0.492 e. The molecule has 0 bridgehead atoms. The van der Waals surface area contributed by atoms with E-state index < -0.39 is 17.7 Å². The maximum atomic E-state index is 14.4. The van der Waals surface area contributed by atoms with Gasteiger partial charge < -0.3 is 10.1 Å². The number of nitrogens with zero attached hydrogens (tertiary/aromatic N) is 1. The molecule has 0 saturated carbocycles. The Bertz CT molecular complexity index is 871. The maximum Gasteiger partial charge on any atom is 0.249 e. The summed E-state index contributed by atoms with van der Waals surface area (Å²) < 4.78 is 34.8. The topological polar surface area (TPSA) is 50.7 Å². The Balaban J connectivity index is 1.99. The summed E-state index contributed by atoms with van der Waals surface area (Å²) in [6, 6.07) is 2.94. The Morgan fingerprint density at radius 3 is 2.76 bits per heavy atom. The number of carbonyl (C=O) groups is 1. The maximum absolute atomic E-state index is 14.4. The van der Waals surface area contributed by atoms with Crippen LogP contribution in [-0.4, -0.2) is 24.3 Å². The number of aliphatic imine (C=N–C) groups is 1. The van der Waals surface area contributed by atoms with Gasteiger partial charge in [0.2, 0.25) is 5.91 Å². The van der Waals surface area contributed by atoms with Crippen molar-refractivity contribution in [3.05, 3.63) is 45.8 Å². The first kappa shape index (κ1) is 16.2. The number of hydrogen-bond acceptors (Lipinski definition) is 4. The highest BCUT2D eigenvalue weighted by Gasteiger charge is 2.33. The molecule has 0 aliphatic carbocycles. The van der Waals surface area contributed by atoms with Gasteiger partial charge in [-0.1, -0.05) is 6.07 Å². The summed E-state index contributed by atoms with van der Waals surface area (Å²) >= 11 is 1.40. The average Bonchev–Trinajstić information content (AvgIpc) is 2.70. The number of rotatable bonds is 1. The van der Waals surface area contributed by atoms with Gasteiger partial charge in [0, 0.05) is 4.88 Å². The van der Waals surface area contributed by atoms with Crippen LogP contribution in [0.15, 0.2) is 23.2 Å². The minimum absolute atomic E-state index is 0.135. The van der Waals surface area contributed by atoms with E-state index in [9.17, 15) is 13.6 Å². The molecule has 1 aromatic heterocycles. The number of thiophene rings is 1. The second-order valence-electron chi connectivity index (χ2n) is 6.10. The third kappa shape index (κ3) is 2.72. The zero-order chi connectivity index (χ0) is 17.6. The molecule has 0 radical (unpaired) electrons. The van der Waals surface area contributed by atoms with Gasteiger partial charge in [0.15, 0.2) is 0 Å². The van der Waals surface area contributed by atoms with Crippen LogP contribution in [0.4, 0.5) is 13.8 Å². The monoisotopic (exact) mass is 362 g/mol. The molecular formula is C18H16F2N2O2S. The molecule has 4 nitrogen and oxygen atoms in total. The molecule has 0 unspecified atom stereocenters. The number of carbonyl (C=O) groups excluding carboxylic acids is 1. The lowest BCUT2D eigenvalue weighted by molar-refractivity contribution is -0.116. The molecule has 25 heavy (non-hydrogen) atoms. The lowest BCUT2D eigenvalue weighted by atomic mass is 10.0. The summed E-state index contributed by atoms with van der Waals surface area (Å²) in [6.45, 7) is 2.14. The molecule has 2 aliphatic rings. The SMILES string of the molecule is C[C@@H]1N=C(c2c(F)cccc2F)c2c(sc3c2OCCCC3)NC1=O. The summed E-state index contributed by atoms with van der Waals surface area (Å²) in [7, 11) is 0. The van der Waals surface area contributed by atoms with Gasteiger partial charge in [-0.25, -0.2) is 8.78 Å². The average molecular weight is 362 g/mol. The number of aryl methyl sites for hydroxylation is 1. The van der Waals surface area contributed by atoms with E-state index in [0.29, 0.717) is 22.9 Å². The molecule has 2 aromatic rings. The Morgan fingerprint density at radius 2 is 2.00 bits per heavy atom. The van der Waals surface area contributed by atoms with Crippen molar-refractivity contribution in [2.24, 2.45) is 4.99 Å². The molecule has 0 fully saturated rings. The molecule has 130 valence electrons. The molecule has 3 heterocycles. The van der Waals surface area contributed by atoms with Crippen molar-refractivity contribution in [1.29, 1.82) is 0 Å². The number of amides is 1. The molecule has 1 amide bonds. The highest BCUT2D eigenvalue weighted by atomic mass is 32.1. The molecular weight excluding hydrogens is 346 g/mol. The number of fused-ring (bicyclic) bond motifs is 3. The third-order valence-corrected chi connectivity index (χ3v) is 5.50. The number of ether oxygens (including phenoxy) is 1. The quantitative estimate of drug-likeness (QED) is 0.836. The van der Waals surface area contributed by atoms with Crippen molar-refractivity contribution in [3.8, 4) is 5.75 Å². The van der Waals surface area contributed by atoms with Crippen molar-refractivity contribution in [1.82, 2.24) is 0 Å². The second-order valence-corrected chi connectivity index (χ2v) is 7.21. The van der Waals surface area contributed by atoms with Gasteiger partial charge >= 0.3 is 0 Å². The van der Waals surface area contributed by atoms with Crippen LogP contribution in [0.1, 0.15) is 35.8 Å². The van der Waals surface area contributed by atoms with Crippen molar-refractivity contribution in [2.75, 3.05) is 11.9 Å². The normalized spacial score (nSPS) is 19.7. The molecule has 1 atom stereocenters. The standard InChI is InChI=1S/C18H16F2N2O2S/c1-9-17(23)22-18-14(16-12(25-18)7-2-3-8-24-16)15(21-9)13-10(19)5-4-6-11(13)20/h4-6,9H,2-3,7-8H2,1H3,(H,22,23)/t9-/m0/s1. The molecule has 0 spiro atoms. The van der Waals surface area contributed by atoms with E-state index in [1.54, 1.807) is 6.92 Å². The second kappa shape index (κ2) is 6.22. The summed E-state index contributed by atoms with van der Waals surface area (Å²) in [6.07, 6.45) is 2.70. The van der Waals surface area contributed by atoms with Crippen LogP contribution in [0, 0.1) is 11.6 Å². The van der Waals surface area contributed by atoms with Gasteiger partial charge in [-0.2, -0.15) is 0 Å². The van der Waals surface area contributed by atoms with E-state index in [0.717, 1.165) is 24.1 Å². The van der Waals surface area contributed by atoms with Crippen molar-refractivity contribution < 1.29 is 18.3 Å². The molecule has 1 N–H and O–H groups in total. The minimum atomic E-state index is -0.755. The zero-order valence-corrected chi connectivity index (χ0v) is 14.4. The van der Waals surface area contributed by atoms with Gasteiger partial charge in [0.05, 0.1) is 23.4 Å². The van der Waals surface area contributed by atoms with E-state index in [1.165, 1.54) is 29.5 Å². The number of benzene rings is 1. The fourth-order valence-corrected chi connectivity index (χ4v) is 4.28. The molecule has 0 saturated heterocycles. The highest BCUT2D eigenvalue weighted by molar-refractivity contribution is 7.17. The predicted molar refractivity (Wildman–Crippen MR) is 92.8 cm³/mol. The van der Waals surface area contributed by atoms with Crippen LogP contribution in [0.25, 0.3) is 0 Å². The molecule has 7 heteroatoms. The first-order valence-corrected chi connectivity index (χ1v) is 9.00. The van der Waals surface area contributed by atoms with Gasteiger partial charge in [0.1, 0.15) is 28.4 Å². The smallest absolute Gasteiger partial charge is 0.249 e. The van der Waals surface area contributed by atoms with Gasteiger partial charge in [-0.05, 0) is 38.3 Å². The molecule has 2 aliphatic heterocycles. The summed E-state index contributed by atoms with van der Waals surface area (Å²) in [4.78, 5) is 17.6.